The Labute approximate surface area is 105 Å². The largest absolute Gasteiger partial charge is 0.342 e. The molecule has 0 atom stereocenters. The van der Waals surface area contributed by atoms with Crippen LogP contribution in [0.15, 0.2) is 61.8 Å². The van der Waals surface area contributed by atoms with E-state index in [-0.39, 0.29) is 0 Å². The fourth-order valence-corrected chi connectivity index (χ4v) is 1.33. The van der Waals surface area contributed by atoms with E-state index in [2.05, 4.69) is 45.0 Å². The maximum Gasteiger partial charge on any atom is 0.229 e. The summed E-state index contributed by atoms with van der Waals surface area (Å²) in [4.78, 5) is 15.4. The van der Waals surface area contributed by atoms with Gasteiger partial charge in [0, 0.05) is 5.70 Å². The summed E-state index contributed by atoms with van der Waals surface area (Å²) in [7, 11) is 0. The van der Waals surface area contributed by atoms with Crippen molar-refractivity contribution in [3.05, 3.63) is 61.8 Å². The first-order valence-electron chi connectivity index (χ1n) is 5.31. The van der Waals surface area contributed by atoms with Crippen molar-refractivity contribution in [1.29, 1.82) is 0 Å². The number of aromatic amines is 1. The van der Waals surface area contributed by atoms with E-state index < -0.39 is 0 Å². The number of allylic oxidation sites excluding steroid dienone is 4. The van der Waals surface area contributed by atoms with E-state index in [0.717, 1.165) is 16.8 Å². The van der Waals surface area contributed by atoms with Gasteiger partial charge in [0.1, 0.15) is 5.52 Å². The molecule has 0 aromatic carbocycles. The second-order valence-corrected chi connectivity index (χ2v) is 3.54. The van der Waals surface area contributed by atoms with Crippen molar-refractivity contribution < 1.29 is 0 Å². The molecular weight excluding hydrogens is 226 g/mol. The van der Waals surface area contributed by atoms with Crippen molar-refractivity contribution in [2.45, 2.75) is 0 Å². The number of hydrogen-bond donors (Lipinski definition) is 2. The monoisotopic (exact) mass is 239 g/mol. The van der Waals surface area contributed by atoms with Crippen LogP contribution in [0.1, 0.15) is 0 Å². The van der Waals surface area contributed by atoms with Gasteiger partial charge in [-0.3, -0.25) is 0 Å². The van der Waals surface area contributed by atoms with Crippen LogP contribution in [0.2, 0.25) is 0 Å². The first kappa shape index (κ1) is 11.8. The smallest absolute Gasteiger partial charge is 0.229 e. The summed E-state index contributed by atoms with van der Waals surface area (Å²) in [6.07, 6.45) is 8.36. The maximum absolute atomic E-state index is 4.25. The average Bonchev–Trinajstić information content (AvgIpc) is 2.85. The third-order valence-electron chi connectivity index (χ3n) is 2.25. The van der Waals surface area contributed by atoms with Gasteiger partial charge in [-0.05, 0) is 17.7 Å². The Hall–Kier alpha value is -2.69. The van der Waals surface area contributed by atoms with Crippen molar-refractivity contribution in [2.24, 2.45) is 0 Å². The molecule has 0 aliphatic carbocycles. The molecular formula is C13H13N5. The van der Waals surface area contributed by atoms with Gasteiger partial charge in [-0.1, -0.05) is 25.8 Å². The van der Waals surface area contributed by atoms with Gasteiger partial charge in [-0.2, -0.15) is 4.98 Å². The normalized spacial score (nSPS) is 11.2. The molecule has 0 aliphatic rings. The molecule has 2 aromatic heterocycles. The highest BCUT2D eigenvalue weighted by Crippen LogP contribution is 2.10. The molecule has 0 spiro atoms. The third kappa shape index (κ3) is 2.52. The van der Waals surface area contributed by atoms with E-state index in [1.807, 2.05) is 0 Å². The number of anilines is 1. The second kappa shape index (κ2) is 5.09. The number of fused-ring (bicyclic) bond motifs is 1. The molecule has 0 saturated heterocycles. The van der Waals surface area contributed by atoms with Gasteiger partial charge in [-0.15, -0.1) is 0 Å². The molecule has 2 N–H and O–H groups in total. The molecule has 0 saturated carbocycles. The highest BCUT2D eigenvalue weighted by atomic mass is 15.1. The van der Waals surface area contributed by atoms with E-state index in [4.69, 9.17) is 0 Å². The van der Waals surface area contributed by atoms with Gasteiger partial charge in [0.2, 0.25) is 5.95 Å². The van der Waals surface area contributed by atoms with Crippen LogP contribution in [-0.4, -0.2) is 19.9 Å². The van der Waals surface area contributed by atoms with Crippen molar-refractivity contribution in [3.63, 3.8) is 0 Å². The first-order valence-corrected chi connectivity index (χ1v) is 5.31. The summed E-state index contributed by atoms with van der Waals surface area (Å²) in [5.41, 5.74) is 2.92. The fraction of sp³-hybridized carbons (Fsp3) is 0. The van der Waals surface area contributed by atoms with Crippen molar-refractivity contribution in [1.82, 2.24) is 19.9 Å². The molecule has 2 aromatic rings. The average molecular weight is 239 g/mol. The minimum Gasteiger partial charge on any atom is -0.342 e. The number of nitrogens with zero attached hydrogens (tertiary/aromatic N) is 3. The Kier molecular flexibility index (Phi) is 3.33. The molecule has 0 amide bonds. The zero-order chi connectivity index (χ0) is 13.0. The number of hydrogen-bond acceptors (Lipinski definition) is 4. The van der Waals surface area contributed by atoms with Crippen LogP contribution in [0.3, 0.4) is 0 Å². The highest BCUT2D eigenvalue weighted by Gasteiger charge is 2.02. The van der Waals surface area contributed by atoms with Gasteiger partial charge in [0.15, 0.2) is 5.65 Å². The SMILES string of the molecule is C=CC(=C)/C=C(\C=C)Nc1ncc2[nH]cnc2n1. The van der Waals surface area contributed by atoms with Crippen molar-refractivity contribution in [2.75, 3.05) is 5.32 Å². The molecule has 0 fully saturated rings. The number of nitrogens with one attached hydrogen (secondary N) is 2. The summed E-state index contributed by atoms with van der Waals surface area (Å²) in [6, 6.07) is 0. The lowest BCUT2D eigenvalue weighted by atomic mass is 10.2. The Morgan fingerprint density at radius 3 is 2.83 bits per heavy atom. The molecule has 0 unspecified atom stereocenters. The molecule has 5 nitrogen and oxygen atoms in total. The number of imidazole rings is 1. The number of aromatic nitrogens is 4. The quantitative estimate of drug-likeness (QED) is 0.787. The second-order valence-electron chi connectivity index (χ2n) is 3.54. The van der Waals surface area contributed by atoms with Crippen LogP contribution in [0.4, 0.5) is 5.95 Å². The van der Waals surface area contributed by atoms with Crippen LogP contribution in [0.5, 0.6) is 0 Å². The summed E-state index contributed by atoms with van der Waals surface area (Å²) in [5, 5.41) is 3.03. The standard InChI is InChI=1S/C13H13N5/c1-4-9(3)6-10(5-2)17-13-14-7-11-12(18-13)16-8-15-11/h4-8H,1-3H2,(H2,14,15,16,17,18)/b10-6+. The Balaban J connectivity index is 2.25. The van der Waals surface area contributed by atoms with Gasteiger partial charge >= 0.3 is 0 Å². The lowest BCUT2D eigenvalue weighted by Gasteiger charge is -2.05. The summed E-state index contributed by atoms with van der Waals surface area (Å²) >= 11 is 0. The molecule has 0 radical (unpaired) electrons. The van der Waals surface area contributed by atoms with Crippen LogP contribution in [0, 0.1) is 0 Å². The highest BCUT2D eigenvalue weighted by molar-refractivity contribution is 5.70. The van der Waals surface area contributed by atoms with Gasteiger partial charge < -0.3 is 10.3 Å². The topological polar surface area (TPSA) is 66.5 Å². The molecule has 2 heterocycles. The summed E-state index contributed by atoms with van der Waals surface area (Å²) < 4.78 is 0. The van der Waals surface area contributed by atoms with Crippen LogP contribution < -0.4 is 5.32 Å². The van der Waals surface area contributed by atoms with Crippen LogP contribution >= 0.6 is 0 Å². The Bertz CT molecular complexity index is 636. The van der Waals surface area contributed by atoms with Gasteiger partial charge in [-0.25, -0.2) is 9.97 Å². The fourth-order valence-electron chi connectivity index (χ4n) is 1.33. The molecule has 18 heavy (non-hydrogen) atoms. The predicted octanol–water partition coefficient (Wildman–Crippen LogP) is 2.58. The van der Waals surface area contributed by atoms with Gasteiger partial charge in [0.05, 0.1) is 12.5 Å². The van der Waals surface area contributed by atoms with E-state index in [0.29, 0.717) is 11.6 Å². The predicted molar refractivity (Wildman–Crippen MR) is 72.9 cm³/mol. The summed E-state index contributed by atoms with van der Waals surface area (Å²) in [5.74, 6) is 0.456. The van der Waals surface area contributed by atoms with E-state index in [9.17, 15) is 0 Å². The molecule has 2 rings (SSSR count). The first-order chi connectivity index (χ1) is 8.72. The van der Waals surface area contributed by atoms with Crippen molar-refractivity contribution >= 4 is 17.1 Å². The third-order valence-corrected chi connectivity index (χ3v) is 2.25. The van der Waals surface area contributed by atoms with Gasteiger partial charge in [0.25, 0.3) is 0 Å². The Morgan fingerprint density at radius 2 is 2.11 bits per heavy atom. The zero-order valence-electron chi connectivity index (χ0n) is 9.85. The number of rotatable bonds is 5. The van der Waals surface area contributed by atoms with Crippen LogP contribution in [0.25, 0.3) is 11.2 Å². The summed E-state index contributed by atoms with van der Waals surface area (Å²) in [6.45, 7) is 11.2. The zero-order valence-corrected chi connectivity index (χ0v) is 9.85. The minimum atomic E-state index is 0.456. The molecule has 0 aliphatic heterocycles. The van der Waals surface area contributed by atoms with Crippen molar-refractivity contribution in [3.8, 4) is 0 Å². The minimum absolute atomic E-state index is 0.456. The molecule has 5 heteroatoms. The van der Waals surface area contributed by atoms with E-state index in [1.165, 1.54) is 0 Å². The van der Waals surface area contributed by atoms with Crippen LogP contribution in [-0.2, 0) is 0 Å². The number of H-pyrrole nitrogens is 1. The molecule has 0 bridgehead atoms. The van der Waals surface area contributed by atoms with E-state index in [1.54, 1.807) is 30.8 Å². The van der Waals surface area contributed by atoms with E-state index >= 15 is 0 Å². The Morgan fingerprint density at radius 1 is 1.28 bits per heavy atom. The lowest BCUT2D eigenvalue weighted by molar-refractivity contribution is 1.18. The molecule has 90 valence electrons. The lowest BCUT2D eigenvalue weighted by Crippen LogP contribution is -2.01. The maximum atomic E-state index is 4.25.